The number of aromatic nitrogens is 1. The smallest absolute Gasteiger partial charge is 0.333 e. The van der Waals surface area contributed by atoms with Crippen LogP contribution in [0.3, 0.4) is 0 Å². The van der Waals surface area contributed by atoms with Crippen LogP contribution in [0.5, 0.6) is 0 Å². The van der Waals surface area contributed by atoms with Gasteiger partial charge in [-0.05, 0) is 190 Å². The van der Waals surface area contributed by atoms with Gasteiger partial charge in [-0.2, -0.15) is 0 Å². The molecule has 0 N–H and O–H groups in total. The second-order valence-electron chi connectivity index (χ2n) is 23.9. The van der Waals surface area contributed by atoms with Crippen LogP contribution in [0.2, 0.25) is 0 Å². The summed E-state index contributed by atoms with van der Waals surface area (Å²) in [6, 6.07) is 118. The van der Waals surface area contributed by atoms with Crippen LogP contribution in [-0.2, 0) is 12.8 Å². The molecule has 0 spiro atoms. The van der Waals surface area contributed by atoms with Crippen LogP contribution in [0.25, 0.3) is 98.3 Å². The minimum Gasteiger partial charge on any atom is -0.375 e. The molecule has 4 heteroatoms. The number of nitrogens with zero attached hydrogens (tertiary/aromatic N) is 3. The van der Waals surface area contributed by atoms with E-state index in [0.29, 0.717) is 0 Å². The average Bonchev–Trinajstić information content (AvgIpc) is 1.37. The van der Waals surface area contributed by atoms with Crippen LogP contribution in [0.4, 0.5) is 34.1 Å². The molecule has 0 amide bonds. The predicted octanol–water partition coefficient (Wildman–Crippen LogP) is 20.8. The Morgan fingerprint density at radius 3 is 1.39 bits per heavy atom. The van der Waals surface area contributed by atoms with Crippen molar-refractivity contribution in [2.45, 2.75) is 12.8 Å². The molecule has 1 aromatic heterocycles. The van der Waals surface area contributed by atoms with E-state index < -0.39 is 0 Å². The molecule has 0 saturated carbocycles. The molecule has 3 nitrogen and oxygen atoms in total. The van der Waals surface area contributed by atoms with Crippen LogP contribution in [0.15, 0.2) is 315 Å². The average molecular weight is 1120 g/mol. The van der Waals surface area contributed by atoms with Gasteiger partial charge in [0.1, 0.15) is 0 Å². The Bertz CT molecular complexity index is 5340. The fourth-order valence-corrected chi connectivity index (χ4v) is 15.2. The van der Waals surface area contributed by atoms with E-state index in [9.17, 15) is 0 Å². The third kappa shape index (κ3) is 7.92. The Labute approximate surface area is 512 Å². The lowest BCUT2D eigenvalue weighted by Crippen LogP contribution is -2.56. The van der Waals surface area contributed by atoms with Crippen LogP contribution >= 0.6 is 0 Å². The van der Waals surface area contributed by atoms with E-state index in [1.807, 2.05) is 0 Å². The molecule has 2 aliphatic rings. The first kappa shape index (κ1) is 50.2. The number of benzene rings is 15. The Hall–Kier alpha value is -11.2. The lowest BCUT2D eigenvalue weighted by atomic mass is 9.44. The molecular formula is C84H56BN3. The predicted molar refractivity (Wildman–Crippen MR) is 374 cm³/mol. The summed E-state index contributed by atoms with van der Waals surface area (Å²) >= 11 is 0. The Kier molecular flexibility index (Phi) is 11.5. The zero-order valence-corrected chi connectivity index (χ0v) is 48.4. The SMILES string of the molecule is c1ccc(Cc2c3ccccc3c(Cc3ccccc3)c3cc4c(cc23)B2c3c(cc(N(c5ccccc5)c5ccccc5)cc3N4c3cc(-c4ccccc4)cc(-c4ccccc4)c3)-c3cc4ccccc4c4c5c6ccccc6ccc5n2c34)cc1. The highest BCUT2D eigenvalue weighted by Crippen LogP contribution is 2.53. The van der Waals surface area contributed by atoms with E-state index in [-0.39, 0.29) is 6.85 Å². The maximum Gasteiger partial charge on any atom is 0.333 e. The minimum atomic E-state index is -0.244. The van der Waals surface area contributed by atoms with Crippen LogP contribution in [0.1, 0.15) is 22.3 Å². The standard InChI is InChI=1S/C84H56BN3/c1-7-25-55(26-8-1)45-71-69-41-23-24-42-70(69)72(46-56-27-9-2-10-28-56)74-54-79-77(53-73(71)74)85-83-75(76-50-60-34-20-22-40-68(60)82-81-67-39-21-19-33-59(67)43-44-78(81)88(85)84(76)82)51-66(86(63-35-15-5-16-36-63)64-37-17-6-18-38-64)52-80(83)87(79)65-48-61(57-29-11-3-12-30-57)47-62(49-65)58-31-13-4-14-32-58/h1-44,47-54H,45-46H2. The lowest BCUT2D eigenvalue weighted by Gasteiger charge is -2.42. The molecule has 16 aromatic rings. The number of rotatable bonds is 10. The van der Waals surface area contributed by atoms with Crippen molar-refractivity contribution in [1.82, 2.24) is 4.48 Å². The summed E-state index contributed by atoms with van der Waals surface area (Å²) in [6.45, 7) is -0.244. The normalized spacial score (nSPS) is 12.4. The summed E-state index contributed by atoms with van der Waals surface area (Å²) in [5.41, 5.74) is 24.1. The molecular weight excluding hydrogens is 1060 g/mol. The van der Waals surface area contributed by atoms with Gasteiger partial charge in [0.15, 0.2) is 0 Å². The number of para-hydroxylation sites is 2. The van der Waals surface area contributed by atoms with Gasteiger partial charge in [0, 0.05) is 61.5 Å². The van der Waals surface area contributed by atoms with E-state index in [1.54, 1.807) is 0 Å². The zero-order chi connectivity index (χ0) is 57.8. The number of fused-ring (bicyclic) bond motifs is 13. The summed E-state index contributed by atoms with van der Waals surface area (Å²) in [5, 5.41) is 12.7. The highest BCUT2D eigenvalue weighted by Gasteiger charge is 2.45. The molecule has 3 heterocycles. The van der Waals surface area contributed by atoms with Crippen molar-refractivity contribution < 1.29 is 0 Å². The van der Waals surface area contributed by atoms with E-state index in [2.05, 4.69) is 330 Å². The Morgan fingerprint density at radius 1 is 0.318 bits per heavy atom. The summed E-state index contributed by atoms with van der Waals surface area (Å²) in [5.74, 6) is 0. The number of hydrogen-bond acceptors (Lipinski definition) is 2. The molecule has 410 valence electrons. The van der Waals surface area contributed by atoms with Gasteiger partial charge in [-0.25, -0.2) is 0 Å². The third-order valence-electron chi connectivity index (χ3n) is 18.9. The quantitative estimate of drug-likeness (QED) is 0.0999. The van der Waals surface area contributed by atoms with Crippen LogP contribution in [0, 0.1) is 0 Å². The van der Waals surface area contributed by atoms with Gasteiger partial charge < -0.3 is 14.3 Å². The van der Waals surface area contributed by atoms with Crippen molar-refractivity contribution in [1.29, 1.82) is 0 Å². The first-order chi connectivity index (χ1) is 43.7. The van der Waals surface area contributed by atoms with Gasteiger partial charge in [-0.1, -0.05) is 243 Å². The molecule has 0 radical (unpaired) electrons. The molecule has 2 aliphatic heterocycles. The zero-order valence-electron chi connectivity index (χ0n) is 48.4. The van der Waals surface area contributed by atoms with Crippen LogP contribution in [-0.4, -0.2) is 11.3 Å². The molecule has 15 aromatic carbocycles. The molecule has 0 aliphatic carbocycles. The number of hydrogen-bond donors (Lipinski definition) is 0. The van der Waals surface area contributed by atoms with Gasteiger partial charge in [-0.3, -0.25) is 0 Å². The van der Waals surface area contributed by atoms with E-state index >= 15 is 0 Å². The monoisotopic (exact) mass is 1120 g/mol. The van der Waals surface area contributed by atoms with Gasteiger partial charge in [-0.15, -0.1) is 0 Å². The minimum absolute atomic E-state index is 0.244. The van der Waals surface area contributed by atoms with Crippen molar-refractivity contribution in [3.05, 3.63) is 338 Å². The van der Waals surface area contributed by atoms with E-state index in [4.69, 9.17) is 0 Å². The molecule has 18 rings (SSSR count). The highest BCUT2D eigenvalue weighted by atomic mass is 15.2. The lowest BCUT2D eigenvalue weighted by molar-refractivity contribution is 1.20. The van der Waals surface area contributed by atoms with Gasteiger partial charge in [0.2, 0.25) is 0 Å². The fourth-order valence-electron chi connectivity index (χ4n) is 15.2. The largest absolute Gasteiger partial charge is 0.375 e. The van der Waals surface area contributed by atoms with Crippen molar-refractivity contribution in [2.24, 2.45) is 0 Å². The van der Waals surface area contributed by atoms with Crippen molar-refractivity contribution in [3.8, 4) is 33.4 Å². The fraction of sp³-hybridized carbons (Fsp3) is 0.0238. The van der Waals surface area contributed by atoms with Gasteiger partial charge >= 0.3 is 6.85 Å². The molecule has 88 heavy (non-hydrogen) atoms. The second-order valence-corrected chi connectivity index (χ2v) is 23.9. The highest BCUT2D eigenvalue weighted by molar-refractivity contribution is 6.90. The maximum absolute atomic E-state index is 2.77. The van der Waals surface area contributed by atoms with Gasteiger partial charge in [0.25, 0.3) is 0 Å². The topological polar surface area (TPSA) is 11.4 Å². The molecule has 0 unspecified atom stereocenters. The van der Waals surface area contributed by atoms with Crippen LogP contribution < -0.4 is 20.7 Å². The summed E-state index contributed by atoms with van der Waals surface area (Å²) in [4.78, 5) is 5.13. The summed E-state index contributed by atoms with van der Waals surface area (Å²) < 4.78 is 2.77. The number of anilines is 6. The molecule has 0 atom stereocenters. The molecule has 0 saturated heterocycles. The first-order valence-corrected chi connectivity index (χ1v) is 30.8. The Balaban J connectivity index is 1.05. The van der Waals surface area contributed by atoms with Crippen molar-refractivity contribution >= 4 is 117 Å². The second kappa shape index (κ2) is 20.2. The van der Waals surface area contributed by atoms with E-state index in [0.717, 1.165) is 52.4 Å². The Morgan fingerprint density at radius 2 is 0.807 bits per heavy atom. The van der Waals surface area contributed by atoms with E-state index in [1.165, 1.54) is 126 Å². The molecule has 0 bridgehead atoms. The molecule has 0 fully saturated rings. The third-order valence-corrected chi connectivity index (χ3v) is 18.9. The van der Waals surface area contributed by atoms with Crippen molar-refractivity contribution in [3.63, 3.8) is 0 Å². The maximum atomic E-state index is 2.77. The van der Waals surface area contributed by atoms with Crippen molar-refractivity contribution in [2.75, 3.05) is 9.80 Å². The first-order valence-electron chi connectivity index (χ1n) is 30.8. The summed E-state index contributed by atoms with van der Waals surface area (Å²) in [6.07, 6.45) is 1.56. The summed E-state index contributed by atoms with van der Waals surface area (Å²) in [7, 11) is 0. The van der Waals surface area contributed by atoms with Gasteiger partial charge in [0.05, 0.1) is 0 Å².